The third-order valence-corrected chi connectivity index (χ3v) is 2.77. The molecule has 0 aliphatic heterocycles. The van der Waals surface area contributed by atoms with Gasteiger partial charge in [0.2, 0.25) is 5.91 Å². The maximum atomic E-state index is 11.3. The summed E-state index contributed by atoms with van der Waals surface area (Å²) in [5.41, 5.74) is 1.03. The molecule has 0 aliphatic carbocycles. The zero-order valence-corrected chi connectivity index (χ0v) is 11.2. The molecule has 3 N–H and O–H groups in total. The monoisotopic (exact) mass is 250 g/mol. The highest BCUT2D eigenvalue weighted by Crippen LogP contribution is 2.17. The molecule has 1 unspecified atom stereocenters. The SMILES string of the molecule is CC(C)C(=O)NCCNC(C)c1cccc(O)c1. The van der Waals surface area contributed by atoms with Gasteiger partial charge in [0.05, 0.1) is 0 Å². The summed E-state index contributed by atoms with van der Waals surface area (Å²) in [4.78, 5) is 11.3. The Kier molecular flexibility index (Phi) is 5.65. The molecule has 0 heterocycles. The van der Waals surface area contributed by atoms with Crippen molar-refractivity contribution in [3.8, 4) is 5.75 Å². The molecule has 0 fully saturated rings. The number of benzene rings is 1. The summed E-state index contributed by atoms with van der Waals surface area (Å²) in [6, 6.07) is 7.32. The van der Waals surface area contributed by atoms with Crippen LogP contribution in [0.15, 0.2) is 24.3 Å². The molecule has 1 aromatic rings. The fraction of sp³-hybridized carbons (Fsp3) is 0.500. The van der Waals surface area contributed by atoms with Crippen molar-refractivity contribution in [2.45, 2.75) is 26.8 Å². The Hall–Kier alpha value is -1.55. The number of phenolic OH excluding ortho intramolecular Hbond substituents is 1. The minimum atomic E-state index is 0.0218. The number of hydrogen-bond acceptors (Lipinski definition) is 3. The first kappa shape index (κ1) is 14.5. The number of carbonyl (C=O) groups excluding carboxylic acids is 1. The number of rotatable bonds is 6. The van der Waals surface area contributed by atoms with Crippen LogP contribution in [-0.4, -0.2) is 24.1 Å². The highest BCUT2D eigenvalue weighted by atomic mass is 16.3. The molecule has 0 spiro atoms. The van der Waals surface area contributed by atoms with E-state index in [0.29, 0.717) is 13.1 Å². The Labute approximate surface area is 108 Å². The molecule has 18 heavy (non-hydrogen) atoms. The largest absolute Gasteiger partial charge is 0.508 e. The van der Waals surface area contributed by atoms with Crippen molar-refractivity contribution in [2.75, 3.05) is 13.1 Å². The average Bonchev–Trinajstić information content (AvgIpc) is 2.33. The van der Waals surface area contributed by atoms with E-state index in [9.17, 15) is 9.90 Å². The second kappa shape index (κ2) is 7.01. The van der Waals surface area contributed by atoms with Crippen LogP contribution in [-0.2, 0) is 4.79 Å². The van der Waals surface area contributed by atoms with Gasteiger partial charge in [-0.3, -0.25) is 4.79 Å². The molecule has 0 saturated heterocycles. The lowest BCUT2D eigenvalue weighted by atomic mass is 10.1. The van der Waals surface area contributed by atoms with Crippen LogP contribution in [0.3, 0.4) is 0 Å². The summed E-state index contributed by atoms with van der Waals surface area (Å²) in [6.07, 6.45) is 0. The molecular formula is C14H22N2O2. The van der Waals surface area contributed by atoms with Gasteiger partial charge in [-0.2, -0.15) is 0 Å². The van der Waals surface area contributed by atoms with Gasteiger partial charge in [0.25, 0.3) is 0 Å². The zero-order valence-electron chi connectivity index (χ0n) is 11.2. The quantitative estimate of drug-likeness (QED) is 0.675. The van der Waals surface area contributed by atoms with Crippen LogP contribution in [0.5, 0.6) is 5.75 Å². The van der Waals surface area contributed by atoms with Gasteiger partial charge in [-0.05, 0) is 24.6 Å². The van der Waals surface area contributed by atoms with Gasteiger partial charge < -0.3 is 15.7 Å². The van der Waals surface area contributed by atoms with E-state index in [0.717, 1.165) is 5.56 Å². The van der Waals surface area contributed by atoms with E-state index in [2.05, 4.69) is 10.6 Å². The van der Waals surface area contributed by atoms with Crippen LogP contribution < -0.4 is 10.6 Å². The van der Waals surface area contributed by atoms with Gasteiger partial charge in [-0.15, -0.1) is 0 Å². The van der Waals surface area contributed by atoms with Crippen LogP contribution in [0.1, 0.15) is 32.4 Å². The van der Waals surface area contributed by atoms with Gasteiger partial charge in [0.15, 0.2) is 0 Å². The van der Waals surface area contributed by atoms with E-state index in [4.69, 9.17) is 0 Å². The normalized spacial score (nSPS) is 12.4. The number of phenols is 1. The summed E-state index contributed by atoms with van der Waals surface area (Å²) in [7, 11) is 0. The fourth-order valence-corrected chi connectivity index (χ4v) is 1.59. The van der Waals surface area contributed by atoms with E-state index in [-0.39, 0.29) is 23.6 Å². The summed E-state index contributed by atoms with van der Waals surface area (Å²) in [5.74, 6) is 0.365. The van der Waals surface area contributed by atoms with Crippen molar-refractivity contribution in [1.82, 2.24) is 10.6 Å². The molecule has 4 nitrogen and oxygen atoms in total. The highest BCUT2D eigenvalue weighted by molar-refractivity contribution is 5.77. The lowest BCUT2D eigenvalue weighted by molar-refractivity contribution is -0.123. The molecule has 0 bridgehead atoms. The van der Waals surface area contributed by atoms with Crippen molar-refractivity contribution < 1.29 is 9.90 Å². The summed E-state index contributed by atoms with van der Waals surface area (Å²) < 4.78 is 0. The van der Waals surface area contributed by atoms with E-state index in [1.807, 2.05) is 32.9 Å². The van der Waals surface area contributed by atoms with Crippen LogP contribution in [0.25, 0.3) is 0 Å². The second-order valence-corrected chi connectivity index (χ2v) is 4.72. The summed E-state index contributed by atoms with van der Waals surface area (Å²) in [6.45, 7) is 7.09. The minimum absolute atomic E-state index is 0.0218. The highest BCUT2D eigenvalue weighted by Gasteiger charge is 2.07. The van der Waals surface area contributed by atoms with Gasteiger partial charge in [0.1, 0.15) is 5.75 Å². The smallest absolute Gasteiger partial charge is 0.222 e. The standard InChI is InChI=1S/C14H22N2O2/c1-10(2)14(18)16-8-7-15-11(3)12-5-4-6-13(17)9-12/h4-6,9-11,15,17H,7-8H2,1-3H3,(H,16,18). The molecule has 1 amide bonds. The van der Waals surface area contributed by atoms with Gasteiger partial charge in [-0.1, -0.05) is 26.0 Å². The van der Waals surface area contributed by atoms with Crippen LogP contribution in [0.4, 0.5) is 0 Å². The van der Waals surface area contributed by atoms with Crippen molar-refractivity contribution in [3.05, 3.63) is 29.8 Å². The number of hydrogen-bond donors (Lipinski definition) is 3. The minimum Gasteiger partial charge on any atom is -0.508 e. The predicted molar refractivity (Wildman–Crippen MR) is 72.4 cm³/mol. The first-order valence-corrected chi connectivity index (χ1v) is 6.30. The first-order chi connectivity index (χ1) is 8.50. The van der Waals surface area contributed by atoms with E-state index in [1.54, 1.807) is 12.1 Å². The molecule has 1 aromatic carbocycles. The van der Waals surface area contributed by atoms with E-state index >= 15 is 0 Å². The topological polar surface area (TPSA) is 61.4 Å². The molecule has 1 atom stereocenters. The number of nitrogens with one attached hydrogen (secondary N) is 2. The van der Waals surface area contributed by atoms with Gasteiger partial charge in [-0.25, -0.2) is 0 Å². The molecular weight excluding hydrogens is 228 g/mol. The molecule has 4 heteroatoms. The predicted octanol–water partition coefficient (Wildman–Crippen LogP) is 1.81. The first-order valence-electron chi connectivity index (χ1n) is 6.30. The lowest BCUT2D eigenvalue weighted by Gasteiger charge is -2.15. The Morgan fingerprint density at radius 1 is 1.28 bits per heavy atom. The van der Waals surface area contributed by atoms with Crippen LogP contribution in [0, 0.1) is 5.92 Å². The van der Waals surface area contributed by atoms with Crippen molar-refractivity contribution in [3.63, 3.8) is 0 Å². The van der Waals surface area contributed by atoms with E-state index < -0.39 is 0 Å². The third kappa shape index (κ3) is 4.75. The number of aromatic hydroxyl groups is 1. The summed E-state index contributed by atoms with van der Waals surface area (Å²) >= 11 is 0. The molecule has 0 radical (unpaired) electrons. The second-order valence-electron chi connectivity index (χ2n) is 4.72. The molecule has 0 aliphatic rings. The molecule has 0 saturated carbocycles. The van der Waals surface area contributed by atoms with Crippen molar-refractivity contribution in [2.24, 2.45) is 5.92 Å². The Morgan fingerprint density at radius 3 is 2.61 bits per heavy atom. The maximum absolute atomic E-state index is 11.3. The maximum Gasteiger partial charge on any atom is 0.222 e. The Bertz CT molecular complexity index is 391. The Morgan fingerprint density at radius 2 is 2.00 bits per heavy atom. The van der Waals surface area contributed by atoms with Crippen molar-refractivity contribution >= 4 is 5.91 Å². The molecule has 100 valence electrons. The fourth-order valence-electron chi connectivity index (χ4n) is 1.59. The lowest BCUT2D eigenvalue weighted by Crippen LogP contribution is -2.35. The number of carbonyl (C=O) groups is 1. The van der Waals surface area contributed by atoms with Crippen LogP contribution >= 0.6 is 0 Å². The average molecular weight is 250 g/mol. The van der Waals surface area contributed by atoms with Gasteiger partial charge in [0, 0.05) is 25.0 Å². The number of amides is 1. The third-order valence-electron chi connectivity index (χ3n) is 2.77. The Balaban J connectivity index is 2.29. The molecule has 1 rings (SSSR count). The van der Waals surface area contributed by atoms with Gasteiger partial charge >= 0.3 is 0 Å². The summed E-state index contributed by atoms with van der Waals surface area (Å²) in [5, 5.41) is 15.5. The molecule has 0 aromatic heterocycles. The van der Waals surface area contributed by atoms with Crippen LogP contribution in [0.2, 0.25) is 0 Å². The van der Waals surface area contributed by atoms with E-state index in [1.165, 1.54) is 0 Å². The van der Waals surface area contributed by atoms with Crippen molar-refractivity contribution in [1.29, 1.82) is 0 Å². The zero-order chi connectivity index (χ0) is 13.5.